The maximum atomic E-state index is 4.75. The van der Waals surface area contributed by atoms with Crippen molar-refractivity contribution < 1.29 is 0 Å². The molecule has 1 aromatic rings. The number of anilines is 1. The van der Waals surface area contributed by atoms with Crippen LogP contribution in [0.3, 0.4) is 0 Å². The summed E-state index contributed by atoms with van der Waals surface area (Å²) in [6.07, 6.45) is 1.90. The van der Waals surface area contributed by atoms with Crippen molar-refractivity contribution in [2.24, 2.45) is 11.8 Å². The second kappa shape index (κ2) is 4.19. The van der Waals surface area contributed by atoms with Crippen LogP contribution in [-0.4, -0.2) is 36.1 Å². The van der Waals surface area contributed by atoms with Crippen molar-refractivity contribution in [3.63, 3.8) is 0 Å². The molecule has 3 rings (SSSR count). The van der Waals surface area contributed by atoms with E-state index in [0.29, 0.717) is 0 Å². The normalized spacial score (nSPS) is 27.6. The molecular formula is C14H22N4. The quantitative estimate of drug-likeness (QED) is 0.814. The predicted molar refractivity (Wildman–Crippen MR) is 72.8 cm³/mol. The van der Waals surface area contributed by atoms with Crippen molar-refractivity contribution in [2.75, 3.05) is 31.1 Å². The first kappa shape index (κ1) is 11.9. The summed E-state index contributed by atoms with van der Waals surface area (Å²) in [5.41, 5.74) is 1.22. The summed E-state index contributed by atoms with van der Waals surface area (Å²) in [5.74, 6) is 2.48. The smallest absolute Gasteiger partial charge is 0.225 e. The third-order valence-corrected chi connectivity index (χ3v) is 4.08. The van der Waals surface area contributed by atoms with E-state index in [0.717, 1.165) is 49.7 Å². The Hall–Kier alpha value is -1.16. The van der Waals surface area contributed by atoms with Crippen LogP contribution < -0.4 is 10.2 Å². The van der Waals surface area contributed by atoms with Gasteiger partial charge in [-0.1, -0.05) is 20.8 Å². The molecule has 3 heterocycles. The molecule has 0 aliphatic carbocycles. The van der Waals surface area contributed by atoms with Crippen molar-refractivity contribution in [1.82, 2.24) is 15.3 Å². The molecule has 2 aliphatic heterocycles. The molecule has 0 amide bonds. The molecule has 4 nitrogen and oxygen atoms in total. The highest BCUT2D eigenvalue weighted by atomic mass is 15.3. The highest BCUT2D eigenvalue weighted by Gasteiger charge is 2.37. The summed E-state index contributed by atoms with van der Waals surface area (Å²) in [4.78, 5) is 11.6. The summed E-state index contributed by atoms with van der Waals surface area (Å²) in [6, 6.07) is 2.03. The molecule has 2 atom stereocenters. The van der Waals surface area contributed by atoms with Crippen LogP contribution in [0.15, 0.2) is 12.3 Å². The maximum Gasteiger partial charge on any atom is 0.225 e. The average molecular weight is 246 g/mol. The van der Waals surface area contributed by atoms with Gasteiger partial charge in [-0.3, -0.25) is 0 Å². The van der Waals surface area contributed by atoms with Gasteiger partial charge in [-0.05, 0) is 17.9 Å². The molecule has 0 spiro atoms. The standard InChI is InChI=1S/C14H22N4/c1-14(2,3)12-4-5-16-13(17-12)18-8-10-6-15-7-11(10)9-18/h4-5,10-11,15H,6-9H2,1-3H3/t10-,11+. The van der Waals surface area contributed by atoms with Gasteiger partial charge in [0, 0.05) is 37.8 Å². The lowest BCUT2D eigenvalue weighted by Gasteiger charge is -2.22. The van der Waals surface area contributed by atoms with E-state index in [4.69, 9.17) is 4.98 Å². The number of nitrogens with one attached hydrogen (secondary N) is 1. The second-order valence-electron chi connectivity index (χ2n) is 6.58. The van der Waals surface area contributed by atoms with Crippen LogP contribution in [0.2, 0.25) is 0 Å². The number of rotatable bonds is 1. The monoisotopic (exact) mass is 246 g/mol. The van der Waals surface area contributed by atoms with Gasteiger partial charge in [0.1, 0.15) is 0 Å². The van der Waals surface area contributed by atoms with Gasteiger partial charge in [-0.2, -0.15) is 0 Å². The van der Waals surface area contributed by atoms with Gasteiger partial charge in [0.05, 0.1) is 5.69 Å². The molecule has 98 valence electrons. The van der Waals surface area contributed by atoms with Gasteiger partial charge < -0.3 is 10.2 Å². The molecule has 0 aromatic carbocycles. The molecular weight excluding hydrogens is 224 g/mol. The van der Waals surface area contributed by atoms with Crippen molar-refractivity contribution in [2.45, 2.75) is 26.2 Å². The molecule has 0 radical (unpaired) electrons. The summed E-state index contributed by atoms with van der Waals surface area (Å²) in [7, 11) is 0. The minimum Gasteiger partial charge on any atom is -0.340 e. The first-order valence-corrected chi connectivity index (χ1v) is 6.83. The van der Waals surface area contributed by atoms with Crippen LogP contribution in [0.25, 0.3) is 0 Å². The highest BCUT2D eigenvalue weighted by molar-refractivity contribution is 5.34. The van der Waals surface area contributed by atoms with Gasteiger partial charge in [0.25, 0.3) is 0 Å². The first-order valence-electron chi connectivity index (χ1n) is 6.83. The second-order valence-corrected chi connectivity index (χ2v) is 6.58. The zero-order valence-electron chi connectivity index (χ0n) is 11.5. The van der Waals surface area contributed by atoms with E-state index >= 15 is 0 Å². The van der Waals surface area contributed by atoms with Crippen LogP contribution in [0.4, 0.5) is 5.95 Å². The Bertz CT molecular complexity index is 426. The Kier molecular flexibility index (Phi) is 2.77. The average Bonchev–Trinajstić information content (AvgIpc) is 2.88. The van der Waals surface area contributed by atoms with Gasteiger partial charge >= 0.3 is 0 Å². The summed E-state index contributed by atoms with van der Waals surface area (Å²) < 4.78 is 0. The fourth-order valence-electron chi connectivity index (χ4n) is 2.94. The lowest BCUT2D eigenvalue weighted by molar-refractivity contribution is 0.533. The minimum atomic E-state index is 0.0921. The van der Waals surface area contributed by atoms with Gasteiger partial charge in [0.2, 0.25) is 5.95 Å². The van der Waals surface area contributed by atoms with Gasteiger partial charge in [-0.15, -0.1) is 0 Å². The van der Waals surface area contributed by atoms with E-state index in [1.807, 2.05) is 12.3 Å². The Morgan fingerprint density at radius 2 is 1.89 bits per heavy atom. The Morgan fingerprint density at radius 1 is 1.22 bits per heavy atom. The number of hydrogen-bond acceptors (Lipinski definition) is 4. The molecule has 2 fully saturated rings. The van der Waals surface area contributed by atoms with Crippen LogP contribution in [0.1, 0.15) is 26.5 Å². The van der Waals surface area contributed by atoms with Crippen molar-refractivity contribution in [3.8, 4) is 0 Å². The predicted octanol–water partition coefficient (Wildman–Crippen LogP) is 1.43. The van der Waals surface area contributed by atoms with E-state index in [9.17, 15) is 0 Å². The Labute approximate surface area is 109 Å². The van der Waals surface area contributed by atoms with E-state index in [1.54, 1.807) is 0 Å². The summed E-state index contributed by atoms with van der Waals surface area (Å²) in [5, 5.41) is 3.46. The number of hydrogen-bond donors (Lipinski definition) is 1. The zero-order valence-corrected chi connectivity index (χ0v) is 11.5. The molecule has 0 bridgehead atoms. The molecule has 18 heavy (non-hydrogen) atoms. The van der Waals surface area contributed by atoms with Crippen molar-refractivity contribution in [3.05, 3.63) is 18.0 Å². The van der Waals surface area contributed by atoms with Crippen molar-refractivity contribution in [1.29, 1.82) is 0 Å². The largest absolute Gasteiger partial charge is 0.340 e. The molecule has 2 aliphatic rings. The van der Waals surface area contributed by atoms with Crippen molar-refractivity contribution >= 4 is 5.95 Å². The Morgan fingerprint density at radius 3 is 2.50 bits per heavy atom. The molecule has 2 saturated heterocycles. The first-order chi connectivity index (χ1) is 8.54. The highest BCUT2D eigenvalue weighted by Crippen LogP contribution is 2.29. The number of nitrogens with zero attached hydrogens (tertiary/aromatic N) is 3. The van der Waals surface area contributed by atoms with Crippen LogP contribution in [0, 0.1) is 11.8 Å². The number of fused-ring (bicyclic) bond motifs is 1. The van der Waals surface area contributed by atoms with E-state index in [2.05, 4.69) is 36.0 Å². The minimum absolute atomic E-state index is 0.0921. The molecule has 0 saturated carbocycles. The number of aromatic nitrogens is 2. The molecule has 0 unspecified atom stereocenters. The van der Waals surface area contributed by atoms with E-state index in [-0.39, 0.29) is 5.41 Å². The van der Waals surface area contributed by atoms with Gasteiger partial charge in [-0.25, -0.2) is 9.97 Å². The zero-order chi connectivity index (χ0) is 12.8. The van der Waals surface area contributed by atoms with E-state index < -0.39 is 0 Å². The van der Waals surface area contributed by atoms with E-state index in [1.165, 1.54) is 0 Å². The molecule has 1 N–H and O–H groups in total. The van der Waals surface area contributed by atoms with Gasteiger partial charge in [0.15, 0.2) is 0 Å². The third kappa shape index (κ3) is 2.09. The van der Waals surface area contributed by atoms with Crippen LogP contribution >= 0.6 is 0 Å². The summed E-state index contributed by atoms with van der Waals surface area (Å²) >= 11 is 0. The van der Waals surface area contributed by atoms with Crippen LogP contribution in [-0.2, 0) is 5.41 Å². The lowest BCUT2D eigenvalue weighted by atomic mass is 9.92. The fourth-order valence-corrected chi connectivity index (χ4v) is 2.94. The SMILES string of the molecule is CC(C)(C)c1ccnc(N2C[C@H]3CNC[C@H]3C2)n1. The Balaban J connectivity index is 1.81. The lowest BCUT2D eigenvalue weighted by Crippen LogP contribution is -2.28. The summed E-state index contributed by atoms with van der Waals surface area (Å²) in [6.45, 7) is 11.1. The molecule has 4 heteroatoms. The topological polar surface area (TPSA) is 41.1 Å². The third-order valence-electron chi connectivity index (χ3n) is 4.08. The maximum absolute atomic E-state index is 4.75. The van der Waals surface area contributed by atoms with Crippen LogP contribution in [0.5, 0.6) is 0 Å². The molecule has 1 aromatic heterocycles. The fraction of sp³-hybridized carbons (Fsp3) is 0.714.